The van der Waals surface area contributed by atoms with Gasteiger partial charge in [-0.3, -0.25) is 4.79 Å². The molecule has 3 rings (SSSR count). The van der Waals surface area contributed by atoms with Gasteiger partial charge in [0.25, 0.3) is 5.91 Å². The number of halogens is 1. The number of hydrogen-bond acceptors (Lipinski definition) is 5. The fourth-order valence-electron chi connectivity index (χ4n) is 3.61. The molecule has 3 heterocycles. The highest BCUT2D eigenvalue weighted by Crippen LogP contribution is 2.21. The quantitative estimate of drug-likeness (QED) is 0.690. The topological polar surface area (TPSA) is 73.8 Å². The number of aromatic nitrogens is 1. The van der Waals surface area contributed by atoms with Crippen LogP contribution in [0.4, 0.5) is 4.39 Å². The number of piperidine rings is 1. The largest absolute Gasteiger partial charge is 0.334 e. The molecule has 0 atom stereocenters. The van der Waals surface area contributed by atoms with E-state index in [9.17, 15) is 17.6 Å². The van der Waals surface area contributed by atoms with Gasteiger partial charge in [0.1, 0.15) is 11.5 Å². The van der Waals surface area contributed by atoms with Crippen molar-refractivity contribution in [2.45, 2.75) is 32.2 Å². The van der Waals surface area contributed by atoms with E-state index >= 15 is 0 Å². The number of nitrogens with zero attached hydrogens (tertiary/aromatic N) is 4. The number of carbonyl (C=O) groups is 1. The summed E-state index contributed by atoms with van der Waals surface area (Å²) in [5.41, 5.74) is 0.174. The molecule has 1 aromatic heterocycles. The lowest BCUT2D eigenvalue weighted by Gasteiger charge is -2.45. The molecule has 0 radical (unpaired) electrons. The number of sulfonamides is 1. The average Bonchev–Trinajstić information content (AvgIpc) is 2.64. The summed E-state index contributed by atoms with van der Waals surface area (Å²) >= 11 is 0. The van der Waals surface area contributed by atoms with E-state index in [1.165, 1.54) is 18.6 Å². The first kappa shape index (κ1) is 20.2. The van der Waals surface area contributed by atoms with E-state index in [0.29, 0.717) is 19.6 Å². The zero-order valence-corrected chi connectivity index (χ0v) is 16.5. The van der Waals surface area contributed by atoms with Crippen LogP contribution in [-0.2, 0) is 10.0 Å². The number of rotatable bonds is 7. The van der Waals surface area contributed by atoms with Crippen molar-refractivity contribution < 1.29 is 17.6 Å². The lowest BCUT2D eigenvalue weighted by molar-refractivity contribution is 0.0430. The molecular weight excluding hydrogens is 371 g/mol. The summed E-state index contributed by atoms with van der Waals surface area (Å²) in [7, 11) is -3.34. The molecule has 0 saturated carbocycles. The first-order valence-corrected chi connectivity index (χ1v) is 11.1. The van der Waals surface area contributed by atoms with Gasteiger partial charge in [0.15, 0.2) is 0 Å². The lowest BCUT2D eigenvalue weighted by Crippen LogP contribution is -2.63. The SMILES string of the molecule is CCS(=O)(=O)N(CCN1CCCCC1)C1CN(C(=O)c2ccc(F)cn2)C1. The van der Waals surface area contributed by atoms with E-state index in [4.69, 9.17) is 0 Å². The molecule has 2 fully saturated rings. The van der Waals surface area contributed by atoms with Gasteiger partial charge >= 0.3 is 0 Å². The maximum atomic E-state index is 13.0. The van der Waals surface area contributed by atoms with Crippen molar-refractivity contribution in [3.8, 4) is 0 Å². The number of likely N-dealkylation sites (tertiary alicyclic amines) is 2. The van der Waals surface area contributed by atoms with E-state index in [2.05, 4.69) is 9.88 Å². The molecule has 1 amide bonds. The maximum absolute atomic E-state index is 13.0. The van der Waals surface area contributed by atoms with Crippen LogP contribution in [0.25, 0.3) is 0 Å². The van der Waals surface area contributed by atoms with Crippen molar-refractivity contribution in [1.82, 2.24) is 19.1 Å². The van der Waals surface area contributed by atoms with Gasteiger partial charge in [0, 0.05) is 26.2 Å². The van der Waals surface area contributed by atoms with Crippen LogP contribution in [0.1, 0.15) is 36.7 Å². The monoisotopic (exact) mass is 398 g/mol. The second-order valence-corrected chi connectivity index (χ2v) is 9.35. The van der Waals surface area contributed by atoms with Crippen LogP contribution in [0.2, 0.25) is 0 Å². The van der Waals surface area contributed by atoms with Crippen molar-refractivity contribution in [2.75, 3.05) is 45.0 Å². The normalized spacial score (nSPS) is 19.3. The Balaban J connectivity index is 1.59. The van der Waals surface area contributed by atoms with E-state index in [1.807, 2.05) is 0 Å². The summed E-state index contributed by atoms with van der Waals surface area (Å²) in [5, 5.41) is 0. The van der Waals surface area contributed by atoms with Gasteiger partial charge in [0.05, 0.1) is 18.0 Å². The van der Waals surface area contributed by atoms with Crippen LogP contribution >= 0.6 is 0 Å². The summed E-state index contributed by atoms with van der Waals surface area (Å²) in [6.45, 7) is 5.55. The molecule has 9 heteroatoms. The molecule has 150 valence electrons. The molecule has 0 N–H and O–H groups in total. The highest BCUT2D eigenvalue weighted by molar-refractivity contribution is 7.89. The first-order valence-electron chi connectivity index (χ1n) is 9.53. The molecule has 0 unspecified atom stereocenters. The van der Waals surface area contributed by atoms with Crippen LogP contribution in [-0.4, -0.2) is 84.5 Å². The van der Waals surface area contributed by atoms with Gasteiger partial charge < -0.3 is 9.80 Å². The zero-order chi connectivity index (χ0) is 19.4. The maximum Gasteiger partial charge on any atom is 0.272 e. The van der Waals surface area contributed by atoms with Gasteiger partial charge in [-0.15, -0.1) is 0 Å². The second kappa shape index (κ2) is 8.62. The third-order valence-electron chi connectivity index (χ3n) is 5.31. The molecule has 0 spiro atoms. The fourth-order valence-corrected chi connectivity index (χ4v) is 4.88. The van der Waals surface area contributed by atoms with E-state index in [0.717, 1.165) is 38.7 Å². The summed E-state index contributed by atoms with van der Waals surface area (Å²) < 4.78 is 39.6. The van der Waals surface area contributed by atoms with Gasteiger partial charge in [-0.05, 0) is 45.0 Å². The molecule has 2 aliphatic rings. The van der Waals surface area contributed by atoms with Crippen LogP contribution < -0.4 is 0 Å². The first-order chi connectivity index (χ1) is 12.9. The van der Waals surface area contributed by atoms with Gasteiger partial charge in [-0.25, -0.2) is 17.8 Å². The molecule has 0 aliphatic carbocycles. The Morgan fingerprint density at radius 3 is 2.56 bits per heavy atom. The van der Waals surface area contributed by atoms with Crippen molar-refractivity contribution in [3.05, 3.63) is 29.8 Å². The molecule has 1 aromatic rings. The van der Waals surface area contributed by atoms with Gasteiger partial charge in [0.2, 0.25) is 10.0 Å². The summed E-state index contributed by atoms with van der Waals surface area (Å²) in [4.78, 5) is 20.1. The van der Waals surface area contributed by atoms with Crippen LogP contribution in [0, 0.1) is 5.82 Å². The van der Waals surface area contributed by atoms with E-state index < -0.39 is 15.8 Å². The standard InChI is InChI=1S/C18H27FN4O3S/c1-2-27(25,26)23(11-10-21-8-4-3-5-9-21)16-13-22(14-16)18(24)17-7-6-15(19)12-20-17/h6-7,12,16H,2-5,8-11,13-14H2,1H3. The van der Waals surface area contributed by atoms with Crippen molar-refractivity contribution in [3.63, 3.8) is 0 Å². The number of pyridine rings is 1. The molecular formula is C18H27FN4O3S. The predicted octanol–water partition coefficient (Wildman–Crippen LogP) is 1.18. The smallest absolute Gasteiger partial charge is 0.272 e. The van der Waals surface area contributed by atoms with Gasteiger partial charge in [-0.2, -0.15) is 4.31 Å². The Morgan fingerprint density at radius 1 is 1.26 bits per heavy atom. The van der Waals surface area contributed by atoms with Crippen LogP contribution in [0.15, 0.2) is 18.3 Å². The Hall–Kier alpha value is -1.58. The Bertz CT molecular complexity index is 744. The highest BCUT2D eigenvalue weighted by atomic mass is 32.2. The molecule has 2 saturated heterocycles. The minimum Gasteiger partial charge on any atom is -0.334 e. The highest BCUT2D eigenvalue weighted by Gasteiger charge is 2.40. The fraction of sp³-hybridized carbons (Fsp3) is 0.667. The molecule has 0 aromatic carbocycles. The third kappa shape index (κ3) is 4.83. The number of amides is 1. The Morgan fingerprint density at radius 2 is 1.96 bits per heavy atom. The molecule has 7 nitrogen and oxygen atoms in total. The van der Waals surface area contributed by atoms with E-state index in [-0.39, 0.29) is 23.4 Å². The van der Waals surface area contributed by atoms with Crippen LogP contribution in [0.3, 0.4) is 0 Å². The summed E-state index contributed by atoms with van der Waals surface area (Å²) in [6, 6.07) is 2.34. The van der Waals surface area contributed by atoms with Crippen molar-refractivity contribution >= 4 is 15.9 Å². The minimum absolute atomic E-state index is 0.0525. The van der Waals surface area contributed by atoms with E-state index in [1.54, 1.807) is 16.1 Å². The molecule has 27 heavy (non-hydrogen) atoms. The zero-order valence-electron chi connectivity index (χ0n) is 15.7. The average molecular weight is 399 g/mol. The van der Waals surface area contributed by atoms with Gasteiger partial charge in [-0.1, -0.05) is 6.42 Å². The van der Waals surface area contributed by atoms with Crippen molar-refractivity contribution in [1.29, 1.82) is 0 Å². The third-order valence-corrected chi connectivity index (χ3v) is 7.24. The minimum atomic E-state index is -3.34. The predicted molar refractivity (Wildman–Crippen MR) is 100 cm³/mol. The van der Waals surface area contributed by atoms with Crippen molar-refractivity contribution in [2.24, 2.45) is 0 Å². The number of carbonyl (C=O) groups excluding carboxylic acids is 1. The van der Waals surface area contributed by atoms with Crippen LogP contribution in [0.5, 0.6) is 0 Å². The summed E-state index contributed by atoms with van der Waals surface area (Å²) in [6.07, 6.45) is 4.58. The number of hydrogen-bond donors (Lipinski definition) is 0. The second-order valence-electron chi connectivity index (χ2n) is 7.14. The molecule has 2 aliphatic heterocycles. The molecule has 0 bridgehead atoms. The summed E-state index contributed by atoms with van der Waals surface area (Å²) in [5.74, 6) is -0.737. The Kier molecular flexibility index (Phi) is 6.44. The lowest BCUT2D eigenvalue weighted by atomic mass is 10.1. The Labute approximate surface area is 160 Å².